The van der Waals surface area contributed by atoms with E-state index in [1.807, 2.05) is 11.8 Å². The summed E-state index contributed by atoms with van der Waals surface area (Å²) in [7, 11) is 0. The zero-order chi connectivity index (χ0) is 16.2. The Morgan fingerprint density at radius 2 is 2.18 bits per heavy atom. The number of nitrogens with zero attached hydrogens (tertiary/aromatic N) is 2. The fourth-order valence-corrected chi connectivity index (χ4v) is 4.15. The van der Waals surface area contributed by atoms with E-state index in [9.17, 15) is 19.8 Å². The zero-order valence-corrected chi connectivity index (χ0v) is 12.7. The minimum absolute atomic E-state index is 0.0516. The highest BCUT2D eigenvalue weighted by Crippen LogP contribution is 2.47. The van der Waals surface area contributed by atoms with Gasteiger partial charge in [-0.25, -0.2) is 4.79 Å². The Kier molecular flexibility index (Phi) is 3.47. The molecule has 2 saturated heterocycles. The molecule has 3 aliphatic heterocycles. The molecule has 5 atom stereocenters. The van der Waals surface area contributed by atoms with Gasteiger partial charge in [0.25, 0.3) is 0 Å². The van der Waals surface area contributed by atoms with Crippen LogP contribution in [0.4, 0.5) is 0 Å². The Bertz CT molecular complexity index is 571. The predicted molar refractivity (Wildman–Crippen MR) is 78.1 cm³/mol. The maximum absolute atomic E-state index is 12.2. The van der Waals surface area contributed by atoms with Crippen molar-refractivity contribution in [2.75, 3.05) is 6.54 Å². The molecule has 0 aliphatic carbocycles. The monoisotopic (exact) mass is 307 g/mol. The summed E-state index contributed by atoms with van der Waals surface area (Å²) in [6, 6.07) is -0.0282. The normalized spacial score (nSPS) is 35.5. The van der Waals surface area contributed by atoms with Gasteiger partial charge in [-0.05, 0) is 32.3 Å². The number of aliphatic hydroxyl groups is 1. The minimum Gasteiger partial charge on any atom is -0.477 e. The van der Waals surface area contributed by atoms with E-state index >= 15 is 0 Å². The Morgan fingerprint density at radius 3 is 2.68 bits per heavy atom. The molecule has 0 aromatic carbocycles. The second-order valence-electron chi connectivity index (χ2n) is 6.53. The number of aliphatic carboxylic acids is 1. The molecule has 22 heavy (non-hydrogen) atoms. The molecule has 7 heteroatoms. The van der Waals surface area contributed by atoms with Gasteiger partial charge < -0.3 is 20.0 Å². The standard InChI is InChI=1S/C15H21N3O4/c1-7-3-9(5-17(7)6-16)10-4-11-12(8(2)19)14(20)18(11)13(10)15(21)22/h6-9,11-12,16,19H,3-5H2,1-2H3,(H,21,22)/t7-,8-,9?,11-,12-/m1/s1. The first-order valence-electron chi connectivity index (χ1n) is 7.60. The smallest absolute Gasteiger partial charge is 0.352 e. The summed E-state index contributed by atoms with van der Waals surface area (Å²) >= 11 is 0. The molecule has 0 aromatic rings. The van der Waals surface area contributed by atoms with Crippen LogP contribution >= 0.6 is 0 Å². The average molecular weight is 307 g/mol. The maximum Gasteiger partial charge on any atom is 0.352 e. The number of hydrogen-bond donors (Lipinski definition) is 3. The largest absolute Gasteiger partial charge is 0.477 e. The molecule has 0 radical (unpaired) electrons. The van der Waals surface area contributed by atoms with Crippen molar-refractivity contribution in [3.63, 3.8) is 0 Å². The lowest BCUT2D eigenvalue weighted by Crippen LogP contribution is -2.61. The summed E-state index contributed by atoms with van der Waals surface area (Å²) in [4.78, 5) is 27.1. The summed E-state index contributed by atoms with van der Waals surface area (Å²) in [5.41, 5.74) is 0.904. The first kappa shape index (κ1) is 15.0. The Balaban J connectivity index is 1.90. The van der Waals surface area contributed by atoms with Crippen LogP contribution in [0.3, 0.4) is 0 Å². The Morgan fingerprint density at radius 1 is 1.50 bits per heavy atom. The highest BCUT2D eigenvalue weighted by molar-refractivity contribution is 5.99. The van der Waals surface area contributed by atoms with Gasteiger partial charge in [-0.2, -0.15) is 0 Å². The Hall–Kier alpha value is -1.89. The minimum atomic E-state index is -1.07. The van der Waals surface area contributed by atoms with Gasteiger partial charge in [-0.1, -0.05) is 0 Å². The van der Waals surface area contributed by atoms with Crippen molar-refractivity contribution in [2.24, 2.45) is 11.8 Å². The number of fused-ring (bicyclic) bond motifs is 1. The zero-order valence-electron chi connectivity index (χ0n) is 12.7. The topological polar surface area (TPSA) is 105 Å². The van der Waals surface area contributed by atoms with Gasteiger partial charge in [-0.15, -0.1) is 0 Å². The molecular weight excluding hydrogens is 286 g/mol. The lowest BCUT2D eigenvalue weighted by molar-refractivity contribution is -0.161. The number of carboxylic acid groups (broad SMARTS) is 1. The van der Waals surface area contributed by atoms with Crippen LogP contribution in [-0.2, 0) is 9.59 Å². The number of rotatable bonds is 4. The van der Waals surface area contributed by atoms with Gasteiger partial charge in [-0.3, -0.25) is 10.2 Å². The molecule has 3 aliphatic rings. The van der Waals surface area contributed by atoms with E-state index in [2.05, 4.69) is 0 Å². The predicted octanol–water partition coefficient (Wildman–Crippen LogP) is 0.254. The molecule has 1 amide bonds. The van der Waals surface area contributed by atoms with Gasteiger partial charge in [0, 0.05) is 18.5 Å². The third-order valence-corrected chi connectivity index (χ3v) is 5.25. The molecule has 3 N–H and O–H groups in total. The van der Waals surface area contributed by atoms with E-state index in [1.54, 1.807) is 6.92 Å². The van der Waals surface area contributed by atoms with Crippen LogP contribution in [0.5, 0.6) is 0 Å². The average Bonchev–Trinajstić information content (AvgIpc) is 2.96. The molecule has 3 heterocycles. The van der Waals surface area contributed by atoms with Gasteiger partial charge >= 0.3 is 5.97 Å². The fourth-order valence-electron chi connectivity index (χ4n) is 4.15. The highest BCUT2D eigenvalue weighted by Gasteiger charge is 2.57. The number of β-lactam (4-membered cyclic amide) rings is 1. The molecular formula is C15H21N3O4. The number of carbonyl (C=O) groups is 2. The third kappa shape index (κ3) is 1.95. The first-order valence-corrected chi connectivity index (χ1v) is 7.60. The van der Waals surface area contributed by atoms with E-state index in [0.29, 0.717) is 13.0 Å². The number of carboxylic acids is 1. The number of hydrogen-bond acceptors (Lipinski definition) is 4. The van der Waals surface area contributed by atoms with E-state index in [1.165, 1.54) is 11.2 Å². The molecule has 7 nitrogen and oxygen atoms in total. The van der Waals surface area contributed by atoms with Crippen molar-refractivity contribution in [3.8, 4) is 0 Å². The van der Waals surface area contributed by atoms with Crippen molar-refractivity contribution < 1.29 is 19.8 Å². The van der Waals surface area contributed by atoms with Gasteiger partial charge in [0.1, 0.15) is 5.70 Å². The van der Waals surface area contributed by atoms with Crippen molar-refractivity contribution >= 4 is 18.2 Å². The number of aliphatic hydroxyl groups excluding tert-OH is 1. The van der Waals surface area contributed by atoms with Crippen LogP contribution in [0, 0.1) is 17.2 Å². The van der Waals surface area contributed by atoms with E-state index < -0.39 is 18.0 Å². The molecule has 0 saturated carbocycles. The first-order chi connectivity index (χ1) is 10.4. The van der Waals surface area contributed by atoms with Crippen LogP contribution in [-0.4, -0.2) is 63.0 Å². The highest BCUT2D eigenvalue weighted by atomic mass is 16.4. The van der Waals surface area contributed by atoms with Gasteiger partial charge in [0.15, 0.2) is 0 Å². The maximum atomic E-state index is 12.2. The Labute approximate surface area is 128 Å². The number of nitrogens with one attached hydrogen (secondary N) is 1. The second kappa shape index (κ2) is 5.08. The van der Waals surface area contributed by atoms with Crippen LogP contribution in [0.2, 0.25) is 0 Å². The summed E-state index contributed by atoms with van der Waals surface area (Å²) in [5, 5.41) is 26.7. The van der Waals surface area contributed by atoms with Crippen molar-refractivity contribution in [1.82, 2.24) is 9.80 Å². The third-order valence-electron chi connectivity index (χ3n) is 5.25. The summed E-state index contributed by atoms with van der Waals surface area (Å²) in [6.45, 7) is 4.21. The summed E-state index contributed by atoms with van der Waals surface area (Å²) < 4.78 is 0. The lowest BCUT2D eigenvalue weighted by Gasteiger charge is -2.44. The SMILES string of the molecule is C[C@@H]1CC(C2=C(C(=O)O)N3C(=O)[C@H]([C@@H](C)O)[C@H]3C2)CN1C=N. The fraction of sp³-hybridized carbons (Fsp3) is 0.667. The van der Waals surface area contributed by atoms with Crippen molar-refractivity contribution in [1.29, 1.82) is 5.41 Å². The van der Waals surface area contributed by atoms with Crippen molar-refractivity contribution in [2.45, 2.75) is 44.9 Å². The van der Waals surface area contributed by atoms with Gasteiger partial charge in [0.2, 0.25) is 5.91 Å². The van der Waals surface area contributed by atoms with Crippen LogP contribution in [0.15, 0.2) is 11.3 Å². The van der Waals surface area contributed by atoms with Crippen molar-refractivity contribution in [3.05, 3.63) is 11.3 Å². The quantitative estimate of drug-likeness (QED) is 0.392. The van der Waals surface area contributed by atoms with E-state index in [4.69, 9.17) is 5.41 Å². The molecule has 0 aromatic heterocycles. The molecule has 3 rings (SSSR count). The molecule has 1 unspecified atom stereocenters. The van der Waals surface area contributed by atoms with Crippen LogP contribution in [0.1, 0.15) is 26.7 Å². The van der Waals surface area contributed by atoms with Crippen LogP contribution < -0.4 is 0 Å². The lowest BCUT2D eigenvalue weighted by atomic mass is 9.81. The number of carbonyl (C=O) groups excluding carboxylic acids is 1. The number of likely N-dealkylation sites (tertiary alicyclic amines) is 1. The van der Waals surface area contributed by atoms with Crippen LogP contribution in [0.25, 0.3) is 0 Å². The van der Waals surface area contributed by atoms with Gasteiger partial charge in [0.05, 0.1) is 24.4 Å². The number of amides is 1. The summed E-state index contributed by atoms with van der Waals surface area (Å²) in [6.07, 6.45) is 1.84. The van der Waals surface area contributed by atoms with E-state index in [-0.39, 0.29) is 29.6 Å². The molecule has 0 bridgehead atoms. The molecule has 2 fully saturated rings. The molecule has 0 spiro atoms. The summed E-state index contributed by atoms with van der Waals surface area (Å²) in [5.74, 6) is -1.81. The second-order valence-corrected chi connectivity index (χ2v) is 6.53. The van der Waals surface area contributed by atoms with E-state index in [0.717, 1.165) is 12.0 Å². The molecule has 120 valence electrons.